The van der Waals surface area contributed by atoms with Crippen LogP contribution in [0.5, 0.6) is 0 Å². The second-order valence-corrected chi connectivity index (χ2v) is 5.82. The predicted octanol–water partition coefficient (Wildman–Crippen LogP) is 2.54. The van der Waals surface area contributed by atoms with Crippen LogP contribution in [-0.2, 0) is 4.79 Å². The van der Waals surface area contributed by atoms with E-state index in [0.717, 1.165) is 5.39 Å². The number of hydrogen-bond acceptors (Lipinski definition) is 4. The first-order valence-electron chi connectivity index (χ1n) is 7.98. The van der Waals surface area contributed by atoms with Gasteiger partial charge in [0.05, 0.1) is 11.2 Å². The summed E-state index contributed by atoms with van der Waals surface area (Å²) in [5, 5.41) is 6.01. The number of para-hydroxylation sites is 1. The summed E-state index contributed by atoms with van der Waals surface area (Å²) in [7, 11) is 0. The third-order valence-electron chi connectivity index (χ3n) is 4.12. The number of fused-ring (bicyclic) bond motifs is 1. The van der Waals surface area contributed by atoms with E-state index >= 15 is 0 Å². The standard InChI is InChI=1S/C19H14N4O3/c24-16-11-23(19(26)22-16)14-8-6-13(7-9-14)18(25)21-15-5-1-3-12-4-2-10-20-17(12)15/h1-10H,11H2,(H,21,25)(H,22,24,26). The van der Waals surface area contributed by atoms with Crippen LogP contribution in [0.3, 0.4) is 0 Å². The zero-order valence-electron chi connectivity index (χ0n) is 13.6. The fourth-order valence-corrected chi connectivity index (χ4v) is 2.84. The lowest BCUT2D eigenvalue weighted by atomic mass is 10.1. The monoisotopic (exact) mass is 346 g/mol. The first kappa shape index (κ1) is 15.8. The molecule has 1 aliphatic heterocycles. The Labute approximate surface area is 148 Å². The number of urea groups is 1. The average Bonchev–Trinajstić information content (AvgIpc) is 3.00. The third kappa shape index (κ3) is 2.86. The van der Waals surface area contributed by atoms with E-state index in [2.05, 4.69) is 15.6 Å². The number of nitrogens with zero attached hydrogens (tertiary/aromatic N) is 2. The van der Waals surface area contributed by atoms with Crippen LogP contribution in [-0.4, -0.2) is 29.4 Å². The summed E-state index contributed by atoms with van der Waals surface area (Å²) in [5.74, 6) is -0.628. The Morgan fingerprint density at radius 1 is 1.04 bits per heavy atom. The van der Waals surface area contributed by atoms with Crippen LogP contribution < -0.4 is 15.5 Å². The van der Waals surface area contributed by atoms with Crippen molar-refractivity contribution in [2.24, 2.45) is 0 Å². The molecule has 4 rings (SSSR count). The first-order chi connectivity index (χ1) is 12.6. The van der Waals surface area contributed by atoms with E-state index in [0.29, 0.717) is 22.5 Å². The number of amides is 4. The van der Waals surface area contributed by atoms with E-state index in [1.807, 2.05) is 24.3 Å². The number of carbonyl (C=O) groups excluding carboxylic acids is 3. The minimum atomic E-state index is -0.464. The number of nitrogens with one attached hydrogen (secondary N) is 2. The fourth-order valence-electron chi connectivity index (χ4n) is 2.84. The van der Waals surface area contributed by atoms with E-state index in [1.165, 1.54) is 4.90 Å². The van der Waals surface area contributed by atoms with Crippen molar-refractivity contribution in [1.29, 1.82) is 0 Å². The molecule has 0 unspecified atom stereocenters. The Hall–Kier alpha value is -3.74. The van der Waals surface area contributed by atoms with Crippen molar-refractivity contribution in [3.8, 4) is 0 Å². The number of aromatic nitrogens is 1. The van der Waals surface area contributed by atoms with Crippen molar-refractivity contribution in [2.75, 3.05) is 16.8 Å². The largest absolute Gasteiger partial charge is 0.329 e. The van der Waals surface area contributed by atoms with Crippen LogP contribution in [0, 0.1) is 0 Å². The van der Waals surface area contributed by atoms with Gasteiger partial charge in [-0.3, -0.25) is 24.8 Å². The second kappa shape index (κ2) is 6.29. The van der Waals surface area contributed by atoms with Gasteiger partial charge in [0, 0.05) is 22.8 Å². The SMILES string of the molecule is O=C1CN(c2ccc(C(=O)Nc3cccc4cccnc34)cc2)C(=O)N1. The normalized spacial score (nSPS) is 13.8. The minimum absolute atomic E-state index is 0.0218. The third-order valence-corrected chi connectivity index (χ3v) is 4.12. The molecule has 0 saturated carbocycles. The maximum absolute atomic E-state index is 12.5. The summed E-state index contributed by atoms with van der Waals surface area (Å²) in [5.41, 5.74) is 2.33. The molecule has 7 heteroatoms. The summed E-state index contributed by atoms with van der Waals surface area (Å²) >= 11 is 0. The molecule has 1 aliphatic rings. The molecule has 7 nitrogen and oxygen atoms in total. The maximum Gasteiger partial charge on any atom is 0.329 e. The molecule has 2 aromatic carbocycles. The Kier molecular flexibility index (Phi) is 3.81. The van der Waals surface area contributed by atoms with Crippen LogP contribution in [0.25, 0.3) is 10.9 Å². The lowest BCUT2D eigenvalue weighted by Crippen LogP contribution is -2.27. The molecule has 3 aromatic rings. The van der Waals surface area contributed by atoms with Crippen LogP contribution in [0.15, 0.2) is 60.8 Å². The highest BCUT2D eigenvalue weighted by Gasteiger charge is 2.27. The average molecular weight is 346 g/mol. The molecule has 2 heterocycles. The van der Waals surface area contributed by atoms with Crippen molar-refractivity contribution in [1.82, 2.24) is 10.3 Å². The highest BCUT2D eigenvalue weighted by atomic mass is 16.2. The maximum atomic E-state index is 12.5. The van der Waals surface area contributed by atoms with Gasteiger partial charge in [0.2, 0.25) is 5.91 Å². The zero-order chi connectivity index (χ0) is 18.1. The van der Waals surface area contributed by atoms with Gasteiger partial charge < -0.3 is 5.32 Å². The van der Waals surface area contributed by atoms with Crippen molar-refractivity contribution >= 4 is 40.1 Å². The molecular weight excluding hydrogens is 332 g/mol. The Morgan fingerprint density at radius 2 is 1.81 bits per heavy atom. The highest BCUT2D eigenvalue weighted by molar-refractivity contribution is 6.12. The van der Waals surface area contributed by atoms with Gasteiger partial charge >= 0.3 is 6.03 Å². The van der Waals surface area contributed by atoms with Crippen molar-refractivity contribution in [3.63, 3.8) is 0 Å². The summed E-state index contributed by atoms with van der Waals surface area (Å²) in [6.07, 6.45) is 1.68. The summed E-state index contributed by atoms with van der Waals surface area (Å²) in [6.45, 7) is -0.0218. The fraction of sp³-hybridized carbons (Fsp3) is 0.0526. The summed E-state index contributed by atoms with van der Waals surface area (Å²) < 4.78 is 0. The molecule has 2 N–H and O–H groups in total. The number of carbonyl (C=O) groups is 3. The van der Waals surface area contributed by atoms with E-state index < -0.39 is 6.03 Å². The van der Waals surface area contributed by atoms with Crippen LogP contribution in [0.2, 0.25) is 0 Å². The molecular formula is C19H14N4O3. The molecule has 1 saturated heterocycles. The minimum Gasteiger partial charge on any atom is -0.320 e. The van der Waals surface area contributed by atoms with Crippen LogP contribution in [0.4, 0.5) is 16.2 Å². The molecule has 0 aliphatic carbocycles. The van der Waals surface area contributed by atoms with Gasteiger partial charge in [0.15, 0.2) is 0 Å². The first-order valence-corrected chi connectivity index (χ1v) is 7.98. The number of rotatable bonds is 3. The molecule has 0 bridgehead atoms. The second-order valence-electron chi connectivity index (χ2n) is 5.82. The number of hydrogen-bond donors (Lipinski definition) is 2. The number of anilines is 2. The summed E-state index contributed by atoms with van der Waals surface area (Å²) in [4.78, 5) is 41.1. The van der Waals surface area contributed by atoms with Crippen LogP contribution in [0.1, 0.15) is 10.4 Å². The van der Waals surface area contributed by atoms with E-state index in [9.17, 15) is 14.4 Å². The van der Waals surface area contributed by atoms with E-state index in [-0.39, 0.29) is 18.4 Å². The number of pyridine rings is 1. The molecule has 26 heavy (non-hydrogen) atoms. The number of benzene rings is 2. The molecule has 4 amide bonds. The van der Waals surface area contributed by atoms with E-state index in [1.54, 1.807) is 36.5 Å². The van der Waals surface area contributed by atoms with Gasteiger partial charge in [0.1, 0.15) is 6.54 Å². The molecule has 1 fully saturated rings. The van der Waals surface area contributed by atoms with Crippen molar-refractivity contribution < 1.29 is 14.4 Å². The molecule has 0 radical (unpaired) electrons. The quantitative estimate of drug-likeness (QED) is 0.713. The Bertz CT molecular complexity index is 1030. The number of imide groups is 1. The molecule has 0 atom stereocenters. The van der Waals surface area contributed by atoms with Gasteiger partial charge in [-0.1, -0.05) is 18.2 Å². The van der Waals surface area contributed by atoms with Crippen molar-refractivity contribution in [3.05, 3.63) is 66.4 Å². The van der Waals surface area contributed by atoms with Crippen molar-refractivity contribution in [2.45, 2.75) is 0 Å². The van der Waals surface area contributed by atoms with Gasteiger partial charge in [0.25, 0.3) is 5.91 Å². The summed E-state index contributed by atoms with van der Waals surface area (Å²) in [6, 6.07) is 15.4. The van der Waals surface area contributed by atoms with Gasteiger partial charge in [-0.15, -0.1) is 0 Å². The van der Waals surface area contributed by atoms with Crippen LogP contribution >= 0.6 is 0 Å². The predicted molar refractivity (Wildman–Crippen MR) is 97.0 cm³/mol. The van der Waals surface area contributed by atoms with E-state index in [4.69, 9.17) is 0 Å². The van der Waals surface area contributed by atoms with Gasteiger partial charge in [-0.25, -0.2) is 4.79 Å². The topological polar surface area (TPSA) is 91.4 Å². The lowest BCUT2D eigenvalue weighted by Gasteiger charge is -2.13. The Balaban J connectivity index is 1.55. The van der Waals surface area contributed by atoms with Gasteiger partial charge in [-0.05, 0) is 36.4 Å². The smallest absolute Gasteiger partial charge is 0.320 e. The molecule has 0 spiro atoms. The zero-order valence-corrected chi connectivity index (χ0v) is 13.6. The lowest BCUT2D eigenvalue weighted by molar-refractivity contribution is -0.117. The van der Waals surface area contributed by atoms with Gasteiger partial charge in [-0.2, -0.15) is 0 Å². The highest BCUT2D eigenvalue weighted by Crippen LogP contribution is 2.22. The molecule has 128 valence electrons. The molecule has 1 aromatic heterocycles. The Morgan fingerprint density at radius 3 is 2.54 bits per heavy atom.